The molecule has 0 saturated heterocycles. The van der Waals surface area contributed by atoms with Gasteiger partial charge in [-0.15, -0.1) is 5.10 Å². The van der Waals surface area contributed by atoms with Crippen molar-refractivity contribution in [1.82, 2.24) is 5.01 Å². The summed E-state index contributed by atoms with van der Waals surface area (Å²) in [5, 5.41) is 35.9. The van der Waals surface area contributed by atoms with E-state index in [0.717, 1.165) is 5.56 Å². The third-order valence-electron chi connectivity index (χ3n) is 5.42. The van der Waals surface area contributed by atoms with Gasteiger partial charge in [-0.3, -0.25) is 5.01 Å². The molecule has 2 aromatic rings. The summed E-state index contributed by atoms with van der Waals surface area (Å²) < 4.78 is 30.4. The van der Waals surface area contributed by atoms with E-state index in [0.29, 0.717) is 35.4 Å². The van der Waals surface area contributed by atoms with E-state index in [2.05, 4.69) is 15.5 Å². The molecule has 0 bridgehead atoms. The molecule has 1 unspecified atom stereocenters. The molecular formula is C22H18F2IN3O2. The zero-order valence-corrected chi connectivity index (χ0v) is 18.2. The number of hydrogen-bond donors (Lipinski definition) is 2. The molecule has 4 rings (SSSR count). The van der Waals surface area contributed by atoms with E-state index in [-0.39, 0.29) is 23.3 Å². The second kappa shape index (κ2) is 7.36. The van der Waals surface area contributed by atoms with Gasteiger partial charge in [-0.05, 0) is 56.5 Å². The molecule has 0 fully saturated rings. The van der Waals surface area contributed by atoms with Crippen molar-refractivity contribution in [2.75, 3.05) is 19.7 Å². The number of nitriles is 1. The summed E-state index contributed by atoms with van der Waals surface area (Å²) in [5.41, 5.74) is 0.743. The van der Waals surface area contributed by atoms with Crippen LogP contribution in [0.3, 0.4) is 0 Å². The average Bonchev–Trinajstić information content (AvgIpc) is 3.29. The Hall–Kier alpha value is -2.44. The highest BCUT2D eigenvalue weighted by atomic mass is 127. The number of benzene rings is 2. The number of aliphatic hydroxyl groups is 2. The van der Waals surface area contributed by atoms with Gasteiger partial charge in [0, 0.05) is 22.6 Å². The van der Waals surface area contributed by atoms with Gasteiger partial charge < -0.3 is 10.2 Å². The molecule has 2 N–H and O–H groups in total. The number of alkyl halides is 3. The SMILES string of the molecule is C=IC(F)(F)C1(O)c2ccc(C)cc2-c2c(C3=C=NN(CCO)C3)cc(C#N)cc21. The lowest BCUT2D eigenvalue weighted by molar-refractivity contribution is -0.0823. The fourth-order valence-corrected chi connectivity index (χ4v) is 5.16. The average molecular weight is 521 g/mol. The Labute approximate surface area is 182 Å². The third-order valence-corrected chi connectivity index (χ3v) is 7.16. The molecule has 1 aliphatic heterocycles. The maximum absolute atomic E-state index is 15.2. The van der Waals surface area contributed by atoms with Crippen molar-refractivity contribution in [3.8, 4) is 17.2 Å². The highest BCUT2D eigenvalue weighted by molar-refractivity contribution is 14.2. The van der Waals surface area contributed by atoms with Gasteiger partial charge >= 0.3 is 3.93 Å². The van der Waals surface area contributed by atoms with Crippen LogP contribution in [0, 0.1) is 18.3 Å². The number of rotatable bonds is 5. The lowest BCUT2D eigenvalue weighted by Crippen LogP contribution is -2.41. The summed E-state index contributed by atoms with van der Waals surface area (Å²) in [5.74, 6) is 2.89. The zero-order valence-electron chi connectivity index (χ0n) is 16.1. The van der Waals surface area contributed by atoms with Crippen molar-refractivity contribution >= 4 is 36.7 Å². The molecule has 30 heavy (non-hydrogen) atoms. The summed E-state index contributed by atoms with van der Waals surface area (Å²) in [7, 11) is 0. The van der Waals surface area contributed by atoms with Crippen LogP contribution in [-0.2, 0) is 5.60 Å². The van der Waals surface area contributed by atoms with Crippen molar-refractivity contribution in [2.45, 2.75) is 16.5 Å². The highest BCUT2D eigenvalue weighted by Crippen LogP contribution is 2.59. The zero-order chi connectivity index (χ0) is 21.7. The number of nitrogens with zero attached hydrogens (tertiary/aromatic N) is 3. The number of hydrogen-bond acceptors (Lipinski definition) is 5. The quantitative estimate of drug-likeness (QED) is 0.468. The van der Waals surface area contributed by atoms with Crippen LogP contribution in [0.25, 0.3) is 16.7 Å². The Morgan fingerprint density at radius 3 is 2.77 bits per heavy atom. The summed E-state index contributed by atoms with van der Waals surface area (Å²) in [4.78, 5) is 0. The summed E-state index contributed by atoms with van der Waals surface area (Å²) in [6.07, 6.45) is 0. The van der Waals surface area contributed by atoms with E-state index < -0.39 is 30.3 Å². The first-order valence-corrected chi connectivity index (χ1v) is 11.8. The van der Waals surface area contributed by atoms with E-state index in [4.69, 9.17) is 5.11 Å². The summed E-state index contributed by atoms with van der Waals surface area (Å²) >= 11 is -1.90. The fraction of sp³-hybridized carbons (Fsp3) is 0.273. The number of β-amino-alcohol motifs (C(OH)–C–C–N with tert-alkyl or cyclic N) is 1. The van der Waals surface area contributed by atoms with Crippen LogP contribution in [0.4, 0.5) is 8.78 Å². The molecule has 0 radical (unpaired) electrons. The van der Waals surface area contributed by atoms with Crippen molar-refractivity contribution in [3.05, 3.63) is 58.1 Å². The van der Waals surface area contributed by atoms with E-state index in [9.17, 15) is 10.4 Å². The molecule has 1 atom stereocenters. The summed E-state index contributed by atoms with van der Waals surface area (Å²) in [6.45, 7) is 2.39. The largest absolute Gasteiger partial charge is 0.394 e. The monoisotopic (exact) mass is 521 g/mol. The van der Waals surface area contributed by atoms with E-state index >= 15 is 8.78 Å². The van der Waals surface area contributed by atoms with Crippen LogP contribution in [0.2, 0.25) is 0 Å². The van der Waals surface area contributed by atoms with Crippen LogP contribution >= 0.6 is 20.7 Å². The topological polar surface area (TPSA) is 79.8 Å². The molecule has 1 aliphatic carbocycles. The smallest absolute Gasteiger partial charge is 0.327 e. The molecule has 2 aromatic carbocycles. The third kappa shape index (κ3) is 2.93. The molecule has 0 saturated carbocycles. The molecule has 0 amide bonds. The molecule has 0 spiro atoms. The first-order valence-electron chi connectivity index (χ1n) is 9.15. The number of halogens is 3. The molecular weight excluding hydrogens is 503 g/mol. The fourth-order valence-electron chi connectivity index (χ4n) is 4.02. The number of fused-ring (bicyclic) bond motifs is 3. The number of aliphatic hydroxyl groups excluding tert-OH is 1. The van der Waals surface area contributed by atoms with Gasteiger partial charge in [0.2, 0.25) is 0 Å². The molecule has 0 aromatic heterocycles. The predicted octanol–water partition coefficient (Wildman–Crippen LogP) is 3.35. The minimum atomic E-state index is -3.44. The van der Waals surface area contributed by atoms with Crippen molar-refractivity contribution < 1.29 is 19.0 Å². The van der Waals surface area contributed by atoms with Gasteiger partial charge in [0.05, 0.1) is 31.3 Å². The van der Waals surface area contributed by atoms with Gasteiger partial charge in [0.25, 0.3) is 0 Å². The first kappa shape index (κ1) is 20.8. The Morgan fingerprint density at radius 2 is 2.10 bits per heavy atom. The maximum atomic E-state index is 15.2. The van der Waals surface area contributed by atoms with Gasteiger partial charge in [-0.1, -0.05) is 28.3 Å². The maximum Gasteiger partial charge on any atom is 0.327 e. The minimum Gasteiger partial charge on any atom is -0.394 e. The van der Waals surface area contributed by atoms with Crippen LogP contribution in [0.1, 0.15) is 27.8 Å². The van der Waals surface area contributed by atoms with E-state index in [1.807, 2.05) is 13.0 Å². The van der Waals surface area contributed by atoms with Crippen molar-refractivity contribution in [2.24, 2.45) is 5.10 Å². The number of aryl methyl sites for hydroxylation is 1. The molecule has 1 heterocycles. The van der Waals surface area contributed by atoms with E-state index in [1.54, 1.807) is 23.2 Å². The lowest BCUT2D eigenvalue weighted by atomic mass is 9.88. The second-order valence-corrected chi connectivity index (χ2v) is 9.37. The Bertz CT molecular complexity index is 1180. The van der Waals surface area contributed by atoms with Crippen LogP contribution in [-0.4, -0.2) is 49.2 Å². The lowest BCUT2D eigenvalue weighted by Gasteiger charge is -2.32. The second-order valence-electron chi connectivity index (χ2n) is 7.25. The number of hydrazone groups is 1. The molecule has 5 nitrogen and oxygen atoms in total. The Morgan fingerprint density at radius 1 is 1.33 bits per heavy atom. The Balaban J connectivity index is 2.04. The van der Waals surface area contributed by atoms with Crippen molar-refractivity contribution in [1.29, 1.82) is 5.26 Å². The molecule has 154 valence electrons. The normalized spacial score (nSPS) is 19.5. The van der Waals surface area contributed by atoms with Crippen LogP contribution in [0.15, 0.2) is 35.4 Å². The van der Waals surface area contributed by atoms with Gasteiger partial charge in [0.1, 0.15) is 0 Å². The van der Waals surface area contributed by atoms with Crippen LogP contribution in [0.5, 0.6) is 0 Å². The first-order chi connectivity index (χ1) is 14.3. The van der Waals surface area contributed by atoms with E-state index in [1.165, 1.54) is 12.1 Å². The van der Waals surface area contributed by atoms with Gasteiger partial charge in [-0.2, -0.15) is 14.0 Å². The molecule has 2 aliphatic rings. The van der Waals surface area contributed by atoms with Crippen LogP contribution < -0.4 is 0 Å². The van der Waals surface area contributed by atoms with Gasteiger partial charge in [-0.25, -0.2) is 0 Å². The standard InChI is InChI=1S/C22H18F2IN3O2/c1-13-3-4-18-17(7-13)20-16(15-11-27-28(12-15)5-6-29)8-14(10-26)9-19(20)21(18,30)22(23,24)25-2/h3-4,7-9,29-30H,2,5-6,12H2,1H3. The molecule has 8 heteroatoms. The van der Waals surface area contributed by atoms with Gasteiger partial charge in [0.15, 0.2) is 5.60 Å². The minimum absolute atomic E-state index is 0.0143. The Kier molecular flexibility index (Phi) is 5.11. The van der Waals surface area contributed by atoms with Crippen molar-refractivity contribution in [3.63, 3.8) is 0 Å². The summed E-state index contributed by atoms with van der Waals surface area (Å²) in [6, 6.07) is 9.98. The highest BCUT2D eigenvalue weighted by Gasteiger charge is 2.59. The predicted molar refractivity (Wildman–Crippen MR) is 120 cm³/mol.